The molecule has 1 aromatic rings. The van der Waals surface area contributed by atoms with Gasteiger partial charge in [-0.3, -0.25) is 4.55 Å². The van der Waals surface area contributed by atoms with Gasteiger partial charge in [0.15, 0.2) is 0 Å². The van der Waals surface area contributed by atoms with Gasteiger partial charge in [-0.1, -0.05) is 66.5 Å². The first-order valence-electron chi connectivity index (χ1n) is 7.24. The van der Waals surface area contributed by atoms with Gasteiger partial charge >= 0.3 is 35.1 Å². The van der Waals surface area contributed by atoms with Gasteiger partial charge in [-0.05, 0) is 53.9 Å². The molecule has 0 saturated heterocycles. The fraction of sp³-hybridized carbons (Fsp3) is 0.353. The third kappa shape index (κ3) is 10.2. The topological polar surface area (TPSA) is 54.4 Å². The Morgan fingerprint density at radius 1 is 0.741 bits per heavy atom. The molecule has 0 unspecified atom stereocenters. The van der Waals surface area contributed by atoms with E-state index in [0.717, 1.165) is 8.95 Å². The minimum atomic E-state index is -5.84. The van der Waals surface area contributed by atoms with Gasteiger partial charge in [0.05, 0.1) is 0 Å². The van der Waals surface area contributed by atoms with Crippen LogP contribution in [0, 0.1) is 29.6 Å². The number of hydrogen-bond acceptors (Lipinski definition) is 2. The molecule has 1 aromatic carbocycles. The maximum Gasteiger partial charge on any atom is 1.00 e. The molecule has 1 N–H and O–H groups in total. The van der Waals surface area contributed by atoms with E-state index in [1.807, 2.05) is 24.3 Å². The Morgan fingerprint density at radius 3 is 1.00 bits per heavy atom. The number of alkyl halides is 3. The van der Waals surface area contributed by atoms with Crippen molar-refractivity contribution in [3.63, 3.8) is 0 Å². The first-order chi connectivity index (χ1) is 11.6. The van der Waals surface area contributed by atoms with Crippen molar-refractivity contribution in [1.82, 2.24) is 0 Å². The summed E-state index contributed by atoms with van der Waals surface area (Å²) in [7, 11) is -5.84. The van der Waals surface area contributed by atoms with E-state index in [9.17, 15) is 13.2 Å². The average molecular weight is 622 g/mol. The van der Waals surface area contributed by atoms with Crippen molar-refractivity contribution >= 4 is 42.0 Å². The smallest absolute Gasteiger partial charge is 0.279 e. The number of rotatable bonds is 0. The standard InChI is InChI=1S/C10H15.C6H4Br2.CHF3O3S.Ru/c1-6-7(2)9(4)10(5)8(6)3;7-5-1-2-6(8)4-3-5;2-1(3,4)8(5,6)7;/h1-5H3;1-4H;(H,5,6,7);/q;;;+1. The van der Waals surface area contributed by atoms with Gasteiger partial charge < -0.3 is 0 Å². The minimum Gasteiger partial charge on any atom is -0.279 e. The van der Waals surface area contributed by atoms with Crippen LogP contribution in [-0.2, 0) is 29.6 Å². The molecule has 0 aromatic heterocycles. The molecule has 10 heteroatoms. The van der Waals surface area contributed by atoms with E-state index in [2.05, 4.69) is 66.5 Å². The maximum atomic E-state index is 10.7. The van der Waals surface area contributed by atoms with Crippen LogP contribution in [0.4, 0.5) is 13.2 Å². The molecule has 0 spiro atoms. The van der Waals surface area contributed by atoms with Crippen LogP contribution in [0.5, 0.6) is 0 Å². The van der Waals surface area contributed by atoms with Gasteiger partial charge in [-0.25, -0.2) is 0 Å². The zero-order valence-corrected chi connectivity index (χ0v) is 21.0. The van der Waals surface area contributed by atoms with Crippen molar-refractivity contribution in [2.45, 2.75) is 40.1 Å². The van der Waals surface area contributed by atoms with E-state index < -0.39 is 15.6 Å². The van der Waals surface area contributed by atoms with Crippen molar-refractivity contribution in [1.29, 1.82) is 0 Å². The molecule has 27 heavy (non-hydrogen) atoms. The van der Waals surface area contributed by atoms with Crippen LogP contribution >= 0.6 is 31.9 Å². The van der Waals surface area contributed by atoms with Crippen molar-refractivity contribution in [3.8, 4) is 0 Å². The Bertz CT molecular complexity index is 589. The fourth-order valence-electron chi connectivity index (χ4n) is 1.84. The SMILES string of the molecule is Brc1ccc(Br)cc1.C[C]1[C](C)[C](C)[C](C)[C]1C.O=S(=O)(O)C(F)(F)F.[Ru+]. The normalized spacial score (nSPS) is 17.4. The van der Waals surface area contributed by atoms with E-state index in [1.54, 1.807) is 0 Å². The Morgan fingerprint density at radius 2 is 0.889 bits per heavy atom. The first-order valence-corrected chi connectivity index (χ1v) is 10.3. The Labute approximate surface area is 189 Å². The molecule has 0 heterocycles. The van der Waals surface area contributed by atoms with Crippen LogP contribution in [0.2, 0.25) is 0 Å². The zero-order chi connectivity index (χ0) is 20.9. The quantitative estimate of drug-likeness (QED) is 0.202. The minimum absolute atomic E-state index is 0. The summed E-state index contributed by atoms with van der Waals surface area (Å²) >= 11 is 6.65. The molecule has 0 amide bonds. The monoisotopic (exact) mass is 621 g/mol. The maximum absolute atomic E-state index is 10.7. The van der Waals surface area contributed by atoms with Crippen molar-refractivity contribution in [2.75, 3.05) is 0 Å². The molecule has 0 bridgehead atoms. The molecule has 2 rings (SSSR count). The molecule has 0 atom stereocenters. The summed E-state index contributed by atoms with van der Waals surface area (Å²) in [5, 5.41) is 0. The van der Waals surface area contributed by atoms with Crippen molar-refractivity contribution in [3.05, 3.63) is 62.8 Å². The summed E-state index contributed by atoms with van der Waals surface area (Å²) in [5.41, 5.74) is -5.53. The third-order valence-electron chi connectivity index (χ3n) is 3.91. The van der Waals surface area contributed by atoms with Crippen LogP contribution in [0.1, 0.15) is 34.6 Å². The molecule has 1 aliphatic rings. The van der Waals surface area contributed by atoms with Crippen LogP contribution in [0.15, 0.2) is 33.2 Å². The zero-order valence-electron chi connectivity index (χ0n) is 15.2. The van der Waals surface area contributed by atoms with Crippen LogP contribution in [0.3, 0.4) is 0 Å². The largest absolute Gasteiger partial charge is 1.00 e. The second-order valence-electron chi connectivity index (χ2n) is 5.48. The molecular weight excluding hydrogens is 602 g/mol. The number of benzene rings is 1. The van der Waals surface area contributed by atoms with E-state index in [4.69, 9.17) is 13.0 Å². The second kappa shape index (κ2) is 12.3. The van der Waals surface area contributed by atoms with Gasteiger partial charge in [0.2, 0.25) is 0 Å². The molecule has 6 radical (unpaired) electrons. The molecule has 0 aliphatic heterocycles. The van der Waals surface area contributed by atoms with Crippen molar-refractivity contribution < 1.29 is 45.6 Å². The number of halogens is 5. The summed E-state index contributed by atoms with van der Waals surface area (Å²) < 4.78 is 59.8. The fourth-order valence-corrected chi connectivity index (χ4v) is 2.36. The van der Waals surface area contributed by atoms with E-state index in [0.29, 0.717) is 0 Å². The van der Waals surface area contributed by atoms with E-state index in [-0.39, 0.29) is 19.5 Å². The molecule has 1 saturated carbocycles. The summed E-state index contributed by atoms with van der Waals surface area (Å²) in [5.74, 6) is 7.34. The molecule has 3 nitrogen and oxygen atoms in total. The van der Waals surface area contributed by atoms with E-state index in [1.165, 1.54) is 29.6 Å². The molecule has 154 valence electrons. The average Bonchev–Trinajstić information content (AvgIpc) is 2.68. The first kappa shape index (κ1) is 29.7. The molecule has 1 aliphatic carbocycles. The summed E-state index contributed by atoms with van der Waals surface area (Å²) in [6.45, 7) is 11.0. The van der Waals surface area contributed by atoms with Gasteiger partial charge in [-0.2, -0.15) is 21.6 Å². The predicted octanol–water partition coefficient (Wildman–Crippen LogP) is 6.58. The molecule has 1 fully saturated rings. The van der Waals surface area contributed by atoms with Crippen LogP contribution < -0.4 is 0 Å². The van der Waals surface area contributed by atoms with E-state index >= 15 is 0 Å². The third-order valence-corrected chi connectivity index (χ3v) is 5.55. The molecular formula is C17H20Br2F3O3RuS+. The van der Waals surface area contributed by atoms with Gasteiger partial charge in [-0.15, -0.1) is 0 Å². The van der Waals surface area contributed by atoms with Crippen LogP contribution in [-0.4, -0.2) is 18.5 Å². The summed E-state index contributed by atoms with van der Waals surface area (Å²) in [6, 6.07) is 7.96. The summed E-state index contributed by atoms with van der Waals surface area (Å²) in [6.07, 6.45) is 0. The van der Waals surface area contributed by atoms with Crippen molar-refractivity contribution in [2.24, 2.45) is 0 Å². The predicted molar refractivity (Wildman–Crippen MR) is 104 cm³/mol. The summed E-state index contributed by atoms with van der Waals surface area (Å²) in [4.78, 5) is 0. The Balaban J connectivity index is 0. The Hall–Kier alpha value is 0.503. The van der Waals surface area contributed by atoms with Gasteiger partial charge in [0.25, 0.3) is 0 Å². The Kier molecular flexibility index (Phi) is 13.5. The van der Waals surface area contributed by atoms with Crippen LogP contribution in [0.25, 0.3) is 0 Å². The second-order valence-corrected chi connectivity index (χ2v) is 8.73. The van der Waals surface area contributed by atoms with Gasteiger partial charge in [0.1, 0.15) is 0 Å². The van der Waals surface area contributed by atoms with Gasteiger partial charge in [0, 0.05) is 8.95 Å². The number of hydrogen-bond donors (Lipinski definition) is 1.